The zero-order chi connectivity index (χ0) is 26.1. The third-order valence-corrected chi connectivity index (χ3v) is 7.58. The lowest BCUT2D eigenvalue weighted by Gasteiger charge is -2.29. The lowest BCUT2D eigenvalue weighted by atomic mass is 9.94. The SMILES string of the molecule is CCN(CC)C(=O)C1=C(C)N=c2s/c(=C/c3cc(Cl)c(O)c(OC)c3)c(=O)n2[C@H]1c1ccc(Cl)cc1. The first-order valence-corrected chi connectivity index (χ1v) is 12.9. The molecule has 0 saturated carbocycles. The van der Waals surface area contributed by atoms with E-state index in [0.29, 0.717) is 44.3 Å². The Balaban J connectivity index is 1.96. The quantitative estimate of drug-likeness (QED) is 0.504. The number of halogens is 2. The summed E-state index contributed by atoms with van der Waals surface area (Å²) in [6.45, 7) is 6.70. The Morgan fingerprint density at radius 1 is 1.22 bits per heavy atom. The van der Waals surface area contributed by atoms with Gasteiger partial charge in [-0.2, -0.15) is 0 Å². The van der Waals surface area contributed by atoms with E-state index in [1.54, 1.807) is 46.7 Å². The van der Waals surface area contributed by atoms with Gasteiger partial charge < -0.3 is 14.7 Å². The highest BCUT2D eigenvalue weighted by molar-refractivity contribution is 7.07. The largest absolute Gasteiger partial charge is 0.503 e. The topological polar surface area (TPSA) is 84.1 Å². The van der Waals surface area contributed by atoms with Gasteiger partial charge in [0.2, 0.25) is 0 Å². The predicted octanol–water partition coefficient (Wildman–Crippen LogP) is 4.12. The highest BCUT2D eigenvalue weighted by atomic mass is 35.5. The van der Waals surface area contributed by atoms with Crippen molar-refractivity contribution in [3.8, 4) is 11.5 Å². The molecule has 1 aliphatic rings. The van der Waals surface area contributed by atoms with E-state index < -0.39 is 6.04 Å². The zero-order valence-corrected chi connectivity index (χ0v) is 22.5. The highest BCUT2D eigenvalue weighted by Crippen LogP contribution is 2.35. The molecule has 0 saturated heterocycles. The number of carbonyl (C=O) groups is 1. The number of aromatic hydroxyl groups is 1. The Morgan fingerprint density at radius 3 is 2.50 bits per heavy atom. The van der Waals surface area contributed by atoms with Gasteiger partial charge in [-0.25, -0.2) is 4.99 Å². The molecule has 1 aliphatic heterocycles. The average molecular weight is 546 g/mol. The smallest absolute Gasteiger partial charge is 0.271 e. The summed E-state index contributed by atoms with van der Waals surface area (Å²) in [6, 6.07) is 9.61. The number of phenols is 1. The van der Waals surface area contributed by atoms with Crippen molar-refractivity contribution in [1.29, 1.82) is 0 Å². The minimum Gasteiger partial charge on any atom is -0.503 e. The maximum absolute atomic E-state index is 13.8. The Labute approximate surface area is 222 Å². The number of rotatable bonds is 6. The number of nitrogens with zero attached hydrogens (tertiary/aromatic N) is 3. The van der Waals surface area contributed by atoms with Crippen LogP contribution in [0.1, 0.15) is 37.9 Å². The summed E-state index contributed by atoms with van der Waals surface area (Å²) in [5, 5.41) is 10.7. The van der Waals surface area contributed by atoms with Crippen molar-refractivity contribution in [3.63, 3.8) is 0 Å². The molecular weight excluding hydrogens is 521 g/mol. The summed E-state index contributed by atoms with van der Waals surface area (Å²) in [6.07, 6.45) is 1.67. The predicted molar refractivity (Wildman–Crippen MR) is 143 cm³/mol. The monoisotopic (exact) mass is 545 g/mol. The van der Waals surface area contributed by atoms with Gasteiger partial charge in [-0.05, 0) is 62.2 Å². The van der Waals surface area contributed by atoms with Crippen LogP contribution in [0.5, 0.6) is 11.5 Å². The van der Waals surface area contributed by atoms with Crippen LogP contribution in [-0.2, 0) is 4.79 Å². The number of amides is 1. The number of fused-ring (bicyclic) bond motifs is 1. The standard InChI is InChI=1S/C26H25Cl2N3O4S/c1-5-30(6-2)25(34)21-14(3)29-26-31(22(21)16-7-9-17(27)10-8-16)24(33)20(36-26)13-15-11-18(28)23(32)19(12-15)35-4/h7-13,22,32H,5-6H2,1-4H3/b20-13+/t22-/m0/s1. The van der Waals surface area contributed by atoms with Crippen molar-refractivity contribution in [2.75, 3.05) is 20.2 Å². The fourth-order valence-electron chi connectivity index (χ4n) is 4.22. The maximum Gasteiger partial charge on any atom is 0.271 e. The van der Waals surface area contributed by atoms with Gasteiger partial charge in [0.25, 0.3) is 11.5 Å². The van der Waals surface area contributed by atoms with Gasteiger partial charge in [-0.1, -0.05) is 46.7 Å². The van der Waals surface area contributed by atoms with E-state index in [4.69, 9.17) is 27.9 Å². The molecular formula is C26H25Cl2N3O4S. The number of allylic oxidation sites excluding steroid dienone is 1. The number of benzene rings is 2. The van der Waals surface area contributed by atoms with Gasteiger partial charge in [0.05, 0.1) is 34.0 Å². The fraction of sp³-hybridized carbons (Fsp3) is 0.269. The number of aromatic nitrogens is 1. The van der Waals surface area contributed by atoms with Crippen LogP contribution in [0, 0.1) is 0 Å². The van der Waals surface area contributed by atoms with E-state index in [9.17, 15) is 14.7 Å². The molecule has 0 radical (unpaired) electrons. The highest BCUT2D eigenvalue weighted by Gasteiger charge is 2.34. The van der Waals surface area contributed by atoms with Gasteiger partial charge in [0.15, 0.2) is 16.3 Å². The number of ether oxygens (including phenoxy) is 1. The first kappa shape index (κ1) is 26.0. The summed E-state index contributed by atoms with van der Waals surface area (Å²) in [5.74, 6) is -0.134. The van der Waals surface area contributed by atoms with Crippen LogP contribution in [-0.4, -0.2) is 40.7 Å². The Kier molecular flexibility index (Phi) is 7.59. The number of methoxy groups -OCH3 is 1. The van der Waals surface area contributed by atoms with Crippen LogP contribution in [0.3, 0.4) is 0 Å². The van der Waals surface area contributed by atoms with Crippen LogP contribution >= 0.6 is 34.5 Å². The first-order valence-electron chi connectivity index (χ1n) is 11.3. The van der Waals surface area contributed by atoms with Crippen LogP contribution in [0.2, 0.25) is 10.0 Å². The van der Waals surface area contributed by atoms with Crippen molar-refractivity contribution >= 4 is 46.5 Å². The van der Waals surface area contributed by atoms with Gasteiger partial charge in [-0.15, -0.1) is 0 Å². The number of hydrogen-bond acceptors (Lipinski definition) is 6. The van der Waals surface area contributed by atoms with Crippen LogP contribution in [0.15, 0.2) is 57.5 Å². The number of carbonyl (C=O) groups excluding carboxylic acids is 1. The molecule has 0 fully saturated rings. The first-order chi connectivity index (χ1) is 17.2. The second-order valence-corrected chi connectivity index (χ2v) is 10.0. The molecule has 3 aromatic rings. The molecule has 0 spiro atoms. The van der Waals surface area contributed by atoms with E-state index in [1.807, 2.05) is 26.0 Å². The molecule has 36 heavy (non-hydrogen) atoms. The van der Waals surface area contributed by atoms with Crippen molar-refractivity contribution in [1.82, 2.24) is 9.47 Å². The molecule has 4 rings (SSSR count). The molecule has 188 valence electrons. The van der Waals surface area contributed by atoms with Crippen molar-refractivity contribution in [3.05, 3.63) is 88.5 Å². The third-order valence-electron chi connectivity index (χ3n) is 6.06. The van der Waals surface area contributed by atoms with E-state index in [-0.39, 0.29) is 28.0 Å². The van der Waals surface area contributed by atoms with Crippen molar-refractivity contribution in [2.24, 2.45) is 4.99 Å². The molecule has 0 unspecified atom stereocenters. The molecule has 1 amide bonds. The fourth-order valence-corrected chi connectivity index (χ4v) is 5.61. The zero-order valence-electron chi connectivity index (χ0n) is 20.2. The number of likely N-dealkylation sites (N-methyl/N-ethyl adjacent to an activating group) is 1. The van der Waals surface area contributed by atoms with Crippen LogP contribution in [0.4, 0.5) is 0 Å². The van der Waals surface area contributed by atoms with Gasteiger partial charge >= 0.3 is 0 Å². The molecule has 10 heteroatoms. The molecule has 0 aliphatic carbocycles. The van der Waals surface area contributed by atoms with E-state index in [1.165, 1.54) is 18.4 Å². The summed E-state index contributed by atoms with van der Waals surface area (Å²) in [7, 11) is 1.42. The van der Waals surface area contributed by atoms with E-state index in [2.05, 4.69) is 4.99 Å². The second-order valence-electron chi connectivity index (χ2n) is 8.16. The molecule has 1 N–H and O–H groups in total. The van der Waals surface area contributed by atoms with Crippen LogP contribution in [0.25, 0.3) is 6.08 Å². The third kappa shape index (κ3) is 4.68. The maximum atomic E-state index is 13.8. The minimum atomic E-state index is -0.660. The molecule has 2 heterocycles. The summed E-state index contributed by atoms with van der Waals surface area (Å²) >= 11 is 13.5. The van der Waals surface area contributed by atoms with Gasteiger partial charge in [0, 0.05) is 18.1 Å². The lowest BCUT2D eigenvalue weighted by Crippen LogP contribution is -2.43. The van der Waals surface area contributed by atoms with E-state index >= 15 is 0 Å². The number of thiazole rings is 1. The average Bonchev–Trinajstić information content (AvgIpc) is 3.15. The number of phenolic OH excluding ortho intramolecular Hbond substituents is 1. The summed E-state index contributed by atoms with van der Waals surface area (Å²) in [4.78, 5) is 34.2. The molecule has 1 atom stereocenters. The molecule has 2 aromatic carbocycles. The van der Waals surface area contributed by atoms with Crippen molar-refractivity contribution < 1.29 is 14.6 Å². The lowest BCUT2D eigenvalue weighted by molar-refractivity contribution is -0.127. The molecule has 0 bridgehead atoms. The Bertz CT molecular complexity index is 1540. The Morgan fingerprint density at radius 2 is 1.89 bits per heavy atom. The minimum absolute atomic E-state index is 0.107. The van der Waals surface area contributed by atoms with E-state index in [0.717, 1.165) is 5.56 Å². The van der Waals surface area contributed by atoms with Gasteiger partial charge in [0.1, 0.15) is 0 Å². The molecule has 7 nitrogen and oxygen atoms in total. The summed E-state index contributed by atoms with van der Waals surface area (Å²) < 4.78 is 7.15. The second kappa shape index (κ2) is 10.5. The summed E-state index contributed by atoms with van der Waals surface area (Å²) in [5.41, 5.74) is 2.06. The van der Waals surface area contributed by atoms with Crippen molar-refractivity contribution in [2.45, 2.75) is 26.8 Å². The normalized spacial score (nSPS) is 15.5. The Hall–Kier alpha value is -3.07. The number of hydrogen-bond donors (Lipinski definition) is 1. The van der Waals surface area contributed by atoms with Crippen LogP contribution < -0.4 is 19.6 Å². The molecule has 1 aromatic heterocycles. The van der Waals surface area contributed by atoms with Gasteiger partial charge in [-0.3, -0.25) is 14.2 Å².